The van der Waals surface area contributed by atoms with E-state index in [0.717, 1.165) is 19.3 Å². The minimum absolute atomic E-state index is 0.115. The number of nitrogens with one attached hydrogen (secondary N) is 1. The Morgan fingerprint density at radius 3 is 2.44 bits per heavy atom. The highest BCUT2D eigenvalue weighted by Gasteiger charge is 2.28. The zero-order valence-electron chi connectivity index (χ0n) is 10.0. The number of rotatable bonds is 6. The zero-order valence-corrected chi connectivity index (χ0v) is 10.9. The number of halogens is 3. The first-order valence-electron chi connectivity index (χ1n) is 5.97. The molecule has 1 aliphatic carbocycles. The van der Waals surface area contributed by atoms with E-state index in [4.69, 9.17) is 5.73 Å². The Labute approximate surface area is 105 Å². The van der Waals surface area contributed by atoms with Gasteiger partial charge in [-0.2, -0.15) is 13.2 Å². The van der Waals surface area contributed by atoms with E-state index in [-0.39, 0.29) is 18.5 Å². The van der Waals surface area contributed by atoms with Crippen LogP contribution < -0.4 is 10.5 Å². The fraction of sp³-hybridized carbons (Fsp3) is 1.00. The Kier molecular flexibility index (Phi) is 5.42. The van der Waals surface area contributed by atoms with Gasteiger partial charge in [-0.05, 0) is 31.6 Å². The molecule has 1 saturated carbocycles. The number of hydrogen-bond donors (Lipinski definition) is 2. The van der Waals surface area contributed by atoms with Crippen molar-refractivity contribution < 1.29 is 21.6 Å². The monoisotopic (exact) mass is 288 g/mol. The topological polar surface area (TPSA) is 72.2 Å². The van der Waals surface area contributed by atoms with E-state index in [1.165, 1.54) is 0 Å². The number of alkyl halides is 3. The SMILES string of the molecule is NC1CCC(CNS(=O)(=O)CCCC(F)(F)F)C1. The number of sulfonamides is 1. The van der Waals surface area contributed by atoms with E-state index in [0.29, 0.717) is 0 Å². The second-order valence-corrected chi connectivity index (χ2v) is 6.75. The van der Waals surface area contributed by atoms with E-state index >= 15 is 0 Å². The molecule has 0 aromatic heterocycles. The molecule has 1 fully saturated rings. The summed E-state index contributed by atoms with van der Waals surface area (Å²) in [5.41, 5.74) is 5.69. The van der Waals surface area contributed by atoms with Crippen molar-refractivity contribution in [3.05, 3.63) is 0 Å². The van der Waals surface area contributed by atoms with Gasteiger partial charge in [-0.25, -0.2) is 13.1 Å². The van der Waals surface area contributed by atoms with Gasteiger partial charge < -0.3 is 5.73 Å². The Hall–Kier alpha value is -0.340. The van der Waals surface area contributed by atoms with Crippen molar-refractivity contribution in [2.45, 2.75) is 44.3 Å². The molecule has 2 atom stereocenters. The molecule has 0 saturated heterocycles. The van der Waals surface area contributed by atoms with E-state index in [2.05, 4.69) is 4.72 Å². The molecule has 4 nitrogen and oxygen atoms in total. The van der Waals surface area contributed by atoms with Gasteiger partial charge in [-0.15, -0.1) is 0 Å². The van der Waals surface area contributed by atoms with Crippen molar-refractivity contribution in [1.82, 2.24) is 4.72 Å². The molecular formula is C10H19F3N2O2S. The molecule has 0 heterocycles. The molecule has 108 valence electrons. The third kappa shape index (κ3) is 6.55. The Bertz CT molecular complexity index is 357. The molecule has 0 aromatic carbocycles. The van der Waals surface area contributed by atoms with Crippen LogP contribution in [0.3, 0.4) is 0 Å². The molecule has 8 heteroatoms. The first-order chi connectivity index (χ1) is 8.18. The largest absolute Gasteiger partial charge is 0.389 e. The van der Waals surface area contributed by atoms with Crippen molar-refractivity contribution in [2.75, 3.05) is 12.3 Å². The number of nitrogens with two attached hydrogens (primary N) is 1. The molecule has 3 N–H and O–H groups in total. The summed E-state index contributed by atoms with van der Waals surface area (Å²) >= 11 is 0. The number of hydrogen-bond acceptors (Lipinski definition) is 3. The molecule has 1 aliphatic rings. The maximum Gasteiger partial charge on any atom is 0.389 e. The van der Waals surface area contributed by atoms with Crippen LogP contribution in [0.4, 0.5) is 13.2 Å². The lowest BCUT2D eigenvalue weighted by molar-refractivity contribution is -0.134. The Balaban J connectivity index is 2.23. The molecular weight excluding hydrogens is 269 g/mol. The fourth-order valence-corrected chi connectivity index (χ4v) is 3.24. The van der Waals surface area contributed by atoms with Crippen molar-refractivity contribution in [3.8, 4) is 0 Å². The predicted octanol–water partition coefficient (Wildman–Crippen LogP) is 1.38. The summed E-state index contributed by atoms with van der Waals surface area (Å²) in [5, 5.41) is 0. The lowest BCUT2D eigenvalue weighted by atomic mass is 10.1. The minimum atomic E-state index is -4.30. The van der Waals surface area contributed by atoms with Crippen LogP contribution in [0.15, 0.2) is 0 Å². The summed E-state index contributed by atoms with van der Waals surface area (Å²) < 4.78 is 60.9. The standard InChI is InChI=1S/C10H19F3N2O2S/c11-10(12,13)4-1-5-18(16,17)15-7-8-2-3-9(14)6-8/h8-9,15H,1-7,14H2. The molecule has 0 aromatic rings. The second-order valence-electron chi connectivity index (χ2n) is 4.83. The van der Waals surface area contributed by atoms with Crippen LogP contribution in [0, 0.1) is 5.92 Å². The summed E-state index contributed by atoms with van der Waals surface area (Å²) in [6.45, 7) is 0.280. The van der Waals surface area contributed by atoms with Gasteiger partial charge in [-0.3, -0.25) is 0 Å². The van der Waals surface area contributed by atoms with Gasteiger partial charge in [0.05, 0.1) is 5.75 Å². The molecule has 0 radical (unpaired) electrons. The van der Waals surface area contributed by atoms with Crippen LogP contribution in [-0.2, 0) is 10.0 Å². The maximum atomic E-state index is 11.9. The quantitative estimate of drug-likeness (QED) is 0.775. The average molecular weight is 288 g/mol. The van der Waals surface area contributed by atoms with Gasteiger partial charge >= 0.3 is 6.18 Å². The van der Waals surface area contributed by atoms with Crippen LogP contribution in [0.1, 0.15) is 32.1 Å². The minimum Gasteiger partial charge on any atom is -0.328 e. The summed E-state index contributed by atoms with van der Waals surface area (Å²) in [6.07, 6.45) is -3.25. The third-order valence-electron chi connectivity index (χ3n) is 3.05. The lowest BCUT2D eigenvalue weighted by Crippen LogP contribution is -2.31. The summed E-state index contributed by atoms with van der Waals surface area (Å²) in [7, 11) is -3.60. The smallest absolute Gasteiger partial charge is 0.328 e. The van der Waals surface area contributed by atoms with Crippen molar-refractivity contribution in [2.24, 2.45) is 11.7 Å². The molecule has 0 spiro atoms. The van der Waals surface area contributed by atoms with Crippen LogP contribution in [-0.4, -0.2) is 32.9 Å². The normalized spacial score (nSPS) is 25.6. The van der Waals surface area contributed by atoms with Crippen LogP contribution in [0.5, 0.6) is 0 Å². The third-order valence-corrected chi connectivity index (χ3v) is 4.48. The molecule has 18 heavy (non-hydrogen) atoms. The van der Waals surface area contributed by atoms with Gasteiger partial charge in [0.25, 0.3) is 0 Å². The molecule has 0 bridgehead atoms. The van der Waals surface area contributed by atoms with Crippen LogP contribution in [0.2, 0.25) is 0 Å². The highest BCUT2D eigenvalue weighted by atomic mass is 32.2. The zero-order chi connectivity index (χ0) is 13.8. The van der Waals surface area contributed by atoms with Crippen LogP contribution >= 0.6 is 0 Å². The van der Waals surface area contributed by atoms with E-state index in [1.54, 1.807) is 0 Å². The Morgan fingerprint density at radius 1 is 1.28 bits per heavy atom. The maximum absolute atomic E-state index is 11.9. The van der Waals surface area contributed by atoms with Gasteiger partial charge in [0.1, 0.15) is 0 Å². The molecule has 2 unspecified atom stereocenters. The highest BCUT2D eigenvalue weighted by Crippen LogP contribution is 2.24. The first kappa shape index (κ1) is 15.7. The highest BCUT2D eigenvalue weighted by molar-refractivity contribution is 7.89. The van der Waals surface area contributed by atoms with Crippen molar-refractivity contribution in [1.29, 1.82) is 0 Å². The van der Waals surface area contributed by atoms with Gasteiger partial charge in [0.15, 0.2) is 0 Å². The molecule has 0 aliphatic heterocycles. The lowest BCUT2D eigenvalue weighted by Gasteiger charge is -2.12. The van der Waals surface area contributed by atoms with Crippen LogP contribution in [0.25, 0.3) is 0 Å². The van der Waals surface area contributed by atoms with E-state index in [9.17, 15) is 21.6 Å². The molecule has 1 rings (SSSR count). The van der Waals surface area contributed by atoms with Crippen molar-refractivity contribution in [3.63, 3.8) is 0 Å². The average Bonchev–Trinajstić information content (AvgIpc) is 2.59. The van der Waals surface area contributed by atoms with Gasteiger partial charge in [-0.1, -0.05) is 0 Å². The van der Waals surface area contributed by atoms with E-state index < -0.39 is 34.8 Å². The van der Waals surface area contributed by atoms with Gasteiger partial charge in [0.2, 0.25) is 10.0 Å². The Morgan fingerprint density at radius 2 is 1.94 bits per heavy atom. The van der Waals surface area contributed by atoms with Gasteiger partial charge in [0, 0.05) is 19.0 Å². The second kappa shape index (κ2) is 6.21. The molecule has 0 amide bonds. The summed E-state index contributed by atoms with van der Waals surface area (Å²) in [4.78, 5) is 0. The van der Waals surface area contributed by atoms with Crippen molar-refractivity contribution >= 4 is 10.0 Å². The fourth-order valence-electron chi connectivity index (χ4n) is 2.08. The summed E-state index contributed by atoms with van der Waals surface area (Å²) in [5.74, 6) is -0.275. The van der Waals surface area contributed by atoms with E-state index in [1.807, 2.05) is 0 Å². The predicted molar refractivity (Wildman–Crippen MR) is 62.4 cm³/mol. The summed E-state index contributed by atoms with van der Waals surface area (Å²) in [6, 6.07) is 0.115. The first-order valence-corrected chi connectivity index (χ1v) is 7.63.